The molecule has 0 bridgehead atoms. The zero-order chi connectivity index (χ0) is 25.8. The average molecular weight is 512 g/mol. The van der Waals surface area contributed by atoms with Gasteiger partial charge in [-0.25, -0.2) is 15.0 Å². The fourth-order valence-electron chi connectivity index (χ4n) is 3.35. The predicted octanol–water partition coefficient (Wildman–Crippen LogP) is 6.13. The largest absolute Gasteiger partial charge is 0.481 e. The molecule has 1 aliphatic rings. The standard InChI is InChI=1S/C22H26F3N5O2S.C2H6/c1-2-3-4-5-15(6-10-26-20-27-11-7-18(29-20)22(23,24)25)17-14-33-21(28-17)30-12-8-16(9-13-30)19(31)32;1-2/h4-7,11,14,16H,2-3,8-10,12-13H2,1H3,(H,31,32)(H,26,27,29);1-2H3/b5-4-,15-6+;. The molecule has 0 aliphatic carbocycles. The van der Waals surface area contributed by atoms with Crippen LogP contribution in [-0.2, 0) is 11.0 Å². The number of allylic oxidation sites excluding steroid dienone is 3. The third kappa shape index (κ3) is 8.65. The Hall–Kier alpha value is -2.95. The molecule has 2 aromatic heterocycles. The molecule has 0 spiro atoms. The molecule has 11 heteroatoms. The van der Waals surface area contributed by atoms with Crippen molar-refractivity contribution < 1.29 is 23.1 Å². The highest BCUT2D eigenvalue weighted by Crippen LogP contribution is 2.30. The van der Waals surface area contributed by atoms with Gasteiger partial charge in [-0.15, -0.1) is 11.3 Å². The molecular formula is C24H32F3N5O2S. The van der Waals surface area contributed by atoms with Crippen molar-refractivity contribution in [2.24, 2.45) is 5.92 Å². The molecule has 192 valence electrons. The van der Waals surface area contributed by atoms with Crippen molar-refractivity contribution in [3.8, 4) is 0 Å². The molecule has 2 aromatic rings. The molecule has 0 radical (unpaired) electrons. The van der Waals surface area contributed by atoms with Crippen LogP contribution in [0.25, 0.3) is 5.57 Å². The number of piperidine rings is 1. The lowest BCUT2D eigenvalue weighted by atomic mass is 9.97. The van der Waals surface area contributed by atoms with Gasteiger partial charge in [0, 0.05) is 31.2 Å². The number of alkyl halides is 3. The van der Waals surface area contributed by atoms with E-state index in [0.717, 1.165) is 41.5 Å². The van der Waals surface area contributed by atoms with Crippen molar-refractivity contribution in [2.45, 2.75) is 52.6 Å². The molecule has 1 aliphatic heterocycles. The number of carboxylic acids is 1. The molecule has 2 N–H and O–H groups in total. The highest BCUT2D eigenvalue weighted by Gasteiger charge is 2.32. The Morgan fingerprint density at radius 1 is 1.29 bits per heavy atom. The second-order valence-electron chi connectivity index (χ2n) is 7.61. The third-order valence-electron chi connectivity index (χ3n) is 5.18. The van der Waals surface area contributed by atoms with Crippen molar-refractivity contribution in [1.29, 1.82) is 0 Å². The van der Waals surface area contributed by atoms with E-state index in [0.29, 0.717) is 25.9 Å². The van der Waals surface area contributed by atoms with E-state index in [1.807, 2.05) is 37.5 Å². The number of nitrogens with one attached hydrogen (secondary N) is 1. The first-order valence-corrected chi connectivity index (χ1v) is 12.6. The maximum atomic E-state index is 12.8. The first kappa shape index (κ1) is 28.3. The number of halogens is 3. The first-order valence-electron chi connectivity index (χ1n) is 11.7. The molecule has 3 rings (SSSR count). The number of carbonyl (C=O) groups is 1. The van der Waals surface area contributed by atoms with E-state index < -0.39 is 17.8 Å². The summed E-state index contributed by atoms with van der Waals surface area (Å²) in [5, 5.41) is 14.8. The number of aromatic nitrogens is 3. The van der Waals surface area contributed by atoms with Crippen LogP contribution in [0.3, 0.4) is 0 Å². The van der Waals surface area contributed by atoms with E-state index in [-0.39, 0.29) is 18.4 Å². The summed E-state index contributed by atoms with van der Waals surface area (Å²) in [5.74, 6) is -1.16. The summed E-state index contributed by atoms with van der Waals surface area (Å²) >= 11 is 1.49. The SMILES string of the molecule is CC.CCC/C=C\C(=C/CNc1nccc(C(F)(F)F)n1)c1csc(N2CCC(C(=O)O)CC2)n1. The van der Waals surface area contributed by atoms with Crippen LogP contribution in [0.1, 0.15) is 57.8 Å². The number of thiazole rings is 1. The number of hydrogen-bond donors (Lipinski definition) is 2. The summed E-state index contributed by atoms with van der Waals surface area (Å²) in [4.78, 5) is 25.4. The summed E-state index contributed by atoms with van der Waals surface area (Å²) in [5.41, 5.74) is 0.600. The van der Waals surface area contributed by atoms with Crippen LogP contribution in [-0.4, -0.2) is 45.7 Å². The van der Waals surface area contributed by atoms with Crippen LogP contribution in [0.15, 0.2) is 35.9 Å². The fourth-order valence-corrected chi connectivity index (χ4v) is 4.24. The smallest absolute Gasteiger partial charge is 0.433 e. The van der Waals surface area contributed by atoms with Crippen LogP contribution in [0, 0.1) is 5.92 Å². The highest BCUT2D eigenvalue weighted by molar-refractivity contribution is 7.13. The Morgan fingerprint density at radius 2 is 2.00 bits per heavy atom. The van der Waals surface area contributed by atoms with E-state index in [1.54, 1.807) is 0 Å². The van der Waals surface area contributed by atoms with Crippen molar-refractivity contribution in [2.75, 3.05) is 29.9 Å². The van der Waals surface area contributed by atoms with Crippen molar-refractivity contribution in [3.63, 3.8) is 0 Å². The Labute approximate surface area is 207 Å². The monoisotopic (exact) mass is 511 g/mol. The van der Waals surface area contributed by atoms with Gasteiger partial charge in [0.1, 0.15) is 5.69 Å². The van der Waals surface area contributed by atoms with Crippen molar-refractivity contribution >= 4 is 34.0 Å². The summed E-state index contributed by atoms with van der Waals surface area (Å²) in [6.07, 6.45) is 5.42. The number of rotatable bonds is 9. The maximum absolute atomic E-state index is 12.8. The minimum absolute atomic E-state index is 0.0989. The third-order valence-corrected chi connectivity index (χ3v) is 6.08. The van der Waals surface area contributed by atoms with Crippen molar-refractivity contribution in [1.82, 2.24) is 15.0 Å². The second kappa shape index (κ2) is 13.8. The number of hydrogen-bond acceptors (Lipinski definition) is 7. The Balaban J connectivity index is 0.00000210. The quantitative estimate of drug-likeness (QED) is 0.391. The van der Waals surface area contributed by atoms with Gasteiger partial charge in [0.25, 0.3) is 0 Å². The van der Waals surface area contributed by atoms with Crippen molar-refractivity contribution in [3.05, 3.63) is 47.3 Å². The summed E-state index contributed by atoms with van der Waals surface area (Å²) in [6.45, 7) is 7.58. The fraction of sp³-hybridized carbons (Fsp3) is 0.500. The van der Waals surface area contributed by atoms with Crippen LogP contribution in [0.5, 0.6) is 0 Å². The van der Waals surface area contributed by atoms with E-state index >= 15 is 0 Å². The molecule has 35 heavy (non-hydrogen) atoms. The van der Waals surface area contributed by atoms with E-state index in [1.165, 1.54) is 11.3 Å². The lowest BCUT2D eigenvalue weighted by molar-refractivity contribution is -0.142. The zero-order valence-corrected chi connectivity index (χ0v) is 21.0. The van der Waals surface area contributed by atoms with E-state index in [9.17, 15) is 23.1 Å². The molecule has 0 saturated carbocycles. The number of aliphatic carboxylic acids is 1. The lowest BCUT2D eigenvalue weighted by Crippen LogP contribution is -2.36. The normalized spacial score (nSPS) is 15.1. The minimum atomic E-state index is -4.53. The predicted molar refractivity (Wildman–Crippen MR) is 134 cm³/mol. The van der Waals surface area contributed by atoms with Gasteiger partial charge in [-0.2, -0.15) is 13.2 Å². The molecule has 3 heterocycles. The average Bonchev–Trinajstić information content (AvgIpc) is 3.34. The van der Waals surface area contributed by atoms with Gasteiger partial charge in [-0.1, -0.05) is 45.4 Å². The Kier molecular flexibility index (Phi) is 11.2. The summed E-state index contributed by atoms with van der Waals surface area (Å²) < 4.78 is 38.5. The van der Waals surface area contributed by atoms with Gasteiger partial charge in [0.05, 0.1) is 11.6 Å². The molecule has 0 atom stereocenters. The van der Waals surface area contributed by atoms with E-state index in [2.05, 4.69) is 27.1 Å². The highest BCUT2D eigenvalue weighted by atomic mass is 32.1. The van der Waals surface area contributed by atoms with Gasteiger partial charge in [0.2, 0.25) is 5.95 Å². The molecule has 0 unspecified atom stereocenters. The van der Waals surface area contributed by atoms with Crippen LogP contribution < -0.4 is 10.2 Å². The topological polar surface area (TPSA) is 91.2 Å². The molecular weight excluding hydrogens is 479 g/mol. The van der Waals surface area contributed by atoms with Crippen LogP contribution >= 0.6 is 11.3 Å². The number of anilines is 2. The molecule has 7 nitrogen and oxygen atoms in total. The molecule has 1 fully saturated rings. The maximum Gasteiger partial charge on any atom is 0.433 e. The molecule has 1 saturated heterocycles. The molecule has 0 amide bonds. The van der Waals surface area contributed by atoms with Gasteiger partial charge in [0.15, 0.2) is 5.13 Å². The van der Waals surface area contributed by atoms with E-state index in [4.69, 9.17) is 4.98 Å². The summed E-state index contributed by atoms with van der Waals surface area (Å²) in [7, 11) is 0. The summed E-state index contributed by atoms with van der Waals surface area (Å²) in [6, 6.07) is 0.829. The van der Waals surface area contributed by atoms with Gasteiger partial charge in [-0.05, 0) is 30.9 Å². The lowest BCUT2D eigenvalue weighted by Gasteiger charge is -2.29. The van der Waals surface area contributed by atoms with Crippen LogP contribution in [0.4, 0.5) is 24.3 Å². The minimum Gasteiger partial charge on any atom is -0.481 e. The number of carboxylic acid groups (broad SMARTS) is 1. The number of unbranched alkanes of at least 4 members (excludes halogenated alkanes) is 1. The number of nitrogens with zero attached hydrogens (tertiary/aromatic N) is 4. The molecule has 0 aromatic carbocycles. The second-order valence-corrected chi connectivity index (χ2v) is 8.45. The van der Waals surface area contributed by atoms with Gasteiger partial charge >= 0.3 is 12.1 Å². The Morgan fingerprint density at radius 3 is 2.63 bits per heavy atom. The first-order chi connectivity index (χ1) is 16.8. The van der Waals surface area contributed by atoms with Gasteiger partial charge in [-0.3, -0.25) is 4.79 Å². The van der Waals surface area contributed by atoms with Crippen LogP contribution in [0.2, 0.25) is 0 Å². The zero-order valence-electron chi connectivity index (χ0n) is 20.2. The van der Waals surface area contributed by atoms with Gasteiger partial charge < -0.3 is 15.3 Å². The Bertz CT molecular complexity index is 999.